The zero-order valence-corrected chi connectivity index (χ0v) is 7.80. The van der Waals surface area contributed by atoms with Crippen molar-refractivity contribution in [3.05, 3.63) is 11.4 Å². The van der Waals surface area contributed by atoms with Crippen LogP contribution in [0.25, 0.3) is 0 Å². The molecule has 68 valence electrons. The highest BCUT2D eigenvalue weighted by Crippen LogP contribution is 2.32. The number of nitrogens with two attached hydrogens (primary N) is 1. The summed E-state index contributed by atoms with van der Waals surface area (Å²) in [6, 6.07) is 0. The van der Waals surface area contributed by atoms with Gasteiger partial charge in [-0.05, 0) is 31.1 Å². The minimum atomic E-state index is 0.668. The van der Waals surface area contributed by atoms with Crippen LogP contribution < -0.4 is 5.73 Å². The van der Waals surface area contributed by atoms with Crippen molar-refractivity contribution >= 4 is 0 Å². The van der Waals surface area contributed by atoms with Crippen molar-refractivity contribution in [3.8, 4) is 0 Å². The van der Waals surface area contributed by atoms with E-state index in [1.807, 2.05) is 0 Å². The summed E-state index contributed by atoms with van der Waals surface area (Å²) in [5, 5.41) is 3.47. The van der Waals surface area contributed by atoms with Gasteiger partial charge in [-0.15, -0.1) is 0 Å². The first-order valence-electron chi connectivity index (χ1n) is 4.50. The minimum absolute atomic E-state index is 0.668. The van der Waals surface area contributed by atoms with Crippen LogP contribution in [0.4, 0.5) is 0 Å². The van der Waals surface area contributed by atoms with Gasteiger partial charge in [-0.25, -0.2) is 5.53 Å². The molecular formula is C9H17N3. The molecule has 0 aromatic heterocycles. The Kier molecular flexibility index (Phi) is 2.84. The highest BCUT2D eigenvalue weighted by molar-refractivity contribution is 5.13. The molecule has 0 heterocycles. The Labute approximate surface area is 73.5 Å². The first-order valence-corrected chi connectivity index (χ1v) is 4.50. The fourth-order valence-electron chi connectivity index (χ4n) is 1.65. The molecule has 0 amide bonds. The van der Waals surface area contributed by atoms with Crippen LogP contribution in [0.2, 0.25) is 0 Å². The first kappa shape index (κ1) is 9.23. The maximum absolute atomic E-state index is 6.95. The lowest BCUT2D eigenvalue weighted by molar-refractivity contribution is 0.337. The van der Waals surface area contributed by atoms with E-state index in [4.69, 9.17) is 11.3 Å². The normalized spacial score (nSPS) is 24.8. The van der Waals surface area contributed by atoms with Crippen LogP contribution in [0.15, 0.2) is 16.5 Å². The SMILES string of the molecule is CC(C)C1CCC(N)=C(N=N)C1. The van der Waals surface area contributed by atoms with Crippen molar-refractivity contribution in [3.63, 3.8) is 0 Å². The van der Waals surface area contributed by atoms with E-state index < -0.39 is 0 Å². The highest BCUT2D eigenvalue weighted by Gasteiger charge is 2.21. The van der Waals surface area contributed by atoms with E-state index in [0.29, 0.717) is 11.8 Å². The molecule has 12 heavy (non-hydrogen) atoms. The molecule has 0 aromatic rings. The van der Waals surface area contributed by atoms with Gasteiger partial charge in [0.25, 0.3) is 0 Å². The van der Waals surface area contributed by atoms with Crippen LogP contribution in [0, 0.1) is 17.4 Å². The van der Waals surface area contributed by atoms with Gasteiger partial charge < -0.3 is 5.73 Å². The molecule has 0 radical (unpaired) electrons. The molecule has 1 aliphatic carbocycles. The van der Waals surface area contributed by atoms with E-state index in [-0.39, 0.29) is 0 Å². The van der Waals surface area contributed by atoms with Crippen molar-refractivity contribution in [2.45, 2.75) is 33.1 Å². The summed E-state index contributed by atoms with van der Waals surface area (Å²) in [6.45, 7) is 4.43. The molecule has 0 bridgehead atoms. The molecule has 3 nitrogen and oxygen atoms in total. The van der Waals surface area contributed by atoms with E-state index in [0.717, 1.165) is 30.7 Å². The maximum atomic E-state index is 6.95. The van der Waals surface area contributed by atoms with Crippen LogP contribution in [0.1, 0.15) is 33.1 Å². The second-order valence-electron chi connectivity index (χ2n) is 3.83. The molecule has 0 spiro atoms. The van der Waals surface area contributed by atoms with Gasteiger partial charge in [0.15, 0.2) is 0 Å². The number of hydrogen-bond acceptors (Lipinski definition) is 3. The van der Waals surface area contributed by atoms with Gasteiger partial charge in [0, 0.05) is 5.70 Å². The Morgan fingerprint density at radius 3 is 2.75 bits per heavy atom. The van der Waals surface area contributed by atoms with Crippen LogP contribution >= 0.6 is 0 Å². The van der Waals surface area contributed by atoms with Gasteiger partial charge in [-0.2, -0.15) is 5.11 Å². The number of hydrogen-bond donors (Lipinski definition) is 2. The number of nitrogens with one attached hydrogen (secondary N) is 1. The largest absolute Gasteiger partial charge is 0.401 e. The average Bonchev–Trinajstić information content (AvgIpc) is 2.05. The Balaban J connectivity index is 2.67. The first-order chi connectivity index (χ1) is 5.65. The molecule has 0 aromatic carbocycles. The molecule has 1 rings (SSSR count). The van der Waals surface area contributed by atoms with E-state index in [1.54, 1.807) is 0 Å². The van der Waals surface area contributed by atoms with Crippen molar-refractivity contribution < 1.29 is 0 Å². The summed E-state index contributed by atoms with van der Waals surface area (Å²) in [6.07, 6.45) is 2.97. The smallest absolute Gasteiger partial charge is 0.0813 e. The quantitative estimate of drug-likeness (QED) is 0.610. The average molecular weight is 167 g/mol. The maximum Gasteiger partial charge on any atom is 0.0813 e. The topological polar surface area (TPSA) is 62.2 Å². The number of rotatable bonds is 2. The fraction of sp³-hybridized carbons (Fsp3) is 0.778. The summed E-state index contributed by atoms with van der Waals surface area (Å²) in [5.74, 6) is 1.34. The summed E-state index contributed by atoms with van der Waals surface area (Å²) in [5.41, 5.74) is 14.3. The molecular weight excluding hydrogens is 150 g/mol. The molecule has 0 saturated heterocycles. The predicted octanol–water partition coefficient (Wildman–Crippen LogP) is 2.64. The molecule has 3 heteroatoms. The lowest BCUT2D eigenvalue weighted by Crippen LogP contribution is -2.18. The lowest BCUT2D eigenvalue weighted by Gasteiger charge is -2.25. The molecule has 0 saturated carbocycles. The summed E-state index contributed by atoms with van der Waals surface area (Å²) in [4.78, 5) is 0. The summed E-state index contributed by atoms with van der Waals surface area (Å²) in [7, 11) is 0. The van der Waals surface area contributed by atoms with E-state index in [2.05, 4.69) is 19.0 Å². The molecule has 0 aliphatic heterocycles. The molecule has 1 unspecified atom stereocenters. The zero-order valence-electron chi connectivity index (χ0n) is 7.80. The summed E-state index contributed by atoms with van der Waals surface area (Å²) >= 11 is 0. The van der Waals surface area contributed by atoms with Gasteiger partial charge in [0.05, 0.1) is 5.70 Å². The van der Waals surface area contributed by atoms with Crippen LogP contribution in [-0.2, 0) is 0 Å². The fourth-order valence-corrected chi connectivity index (χ4v) is 1.65. The van der Waals surface area contributed by atoms with Crippen molar-refractivity contribution in [1.82, 2.24) is 0 Å². The number of allylic oxidation sites excluding steroid dienone is 2. The third-order valence-electron chi connectivity index (χ3n) is 2.69. The van der Waals surface area contributed by atoms with Crippen molar-refractivity contribution in [2.75, 3.05) is 0 Å². The van der Waals surface area contributed by atoms with Crippen LogP contribution in [-0.4, -0.2) is 0 Å². The Morgan fingerprint density at radius 1 is 1.58 bits per heavy atom. The molecule has 1 aliphatic rings. The monoisotopic (exact) mass is 167 g/mol. The van der Waals surface area contributed by atoms with Crippen LogP contribution in [0.3, 0.4) is 0 Å². The Bertz CT molecular complexity index is 206. The molecule has 0 fully saturated rings. The second kappa shape index (κ2) is 3.70. The van der Waals surface area contributed by atoms with E-state index in [1.165, 1.54) is 0 Å². The van der Waals surface area contributed by atoms with Gasteiger partial charge in [0.1, 0.15) is 0 Å². The number of nitrogens with zero attached hydrogens (tertiary/aromatic N) is 1. The third-order valence-corrected chi connectivity index (χ3v) is 2.69. The van der Waals surface area contributed by atoms with E-state index in [9.17, 15) is 0 Å². The summed E-state index contributed by atoms with van der Waals surface area (Å²) < 4.78 is 0. The predicted molar refractivity (Wildman–Crippen MR) is 48.5 cm³/mol. The molecule has 3 N–H and O–H groups in total. The van der Waals surface area contributed by atoms with Crippen molar-refractivity contribution in [1.29, 1.82) is 5.53 Å². The van der Waals surface area contributed by atoms with Gasteiger partial charge in [-0.1, -0.05) is 13.8 Å². The third kappa shape index (κ3) is 1.84. The van der Waals surface area contributed by atoms with Gasteiger partial charge in [0.2, 0.25) is 0 Å². The van der Waals surface area contributed by atoms with Crippen molar-refractivity contribution in [2.24, 2.45) is 22.7 Å². The highest BCUT2D eigenvalue weighted by atomic mass is 15.0. The molecule has 1 atom stereocenters. The lowest BCUT2D eigenvalue weighted by atomic mass is 9.83. The van der Waals surface area contributed by atoms with Crippen LogP contribution in [0.5, 0.6) is 0 Å². The zero-order chi connectivity index (χ0) is 9.14. The second-order valence-corrected chi connectivity index (χ2v) is 3.83. The Hall–Kier alpha value is -0.860. The van der Waals surface area contributed by atoms with E-state index >= 15 is 0 Å². The minimum Gasteiger partial charge on any atom is -0.401 e. The standard InChI is InChI=1S/C9H17N3/c1-6(2)7-3-4-8(10)9(5-7)12-11/h6-7,11H,3-5,10H2,1-2H3. The van der Waals surface area contributed by atoms with Gasteiger partial charge >= 0.3 is 0 Å². The Morgan fingerprint density at radius 2 is 2.25 bits per heavy atom. The van der Waals surface area contributed by atoms with Gasteiger partial charge in [-0.3, -0.25) is 0 Å².